The summed E-state index contributed by atoms with van der Waals surface area (Å²) in [4.78, 5) is 19.0. The summed E-state index contributed by atoms with van der Waals surface area (Å²) in [5.74, 6) is -0.288. The minimum absolute atomic E-state index is 0.157. The summed E-state index contributed by atoms with van der Waals surface area (Å²) < 4.78 is 60.2. The Labute approximate surface area is 267 Å². The zero-order valence-electron chi connectivity index (χ0n) is 21.9. The second kappa shape index (κ2) is 13.7. The number of nitrogens with one attached hydrogen (secondary N) is 2. The summed E-state index contributed by atoms with van der Waals surface area (Å²) in [5, 5.41) is 8.32. The Balaban J connectivity index is 1.41. The van der Waals surface area contributed by atoms with Crippen LogP contribution in [0.25, 0.3) is 9.88 Å². The number of carbonyl (C=O) groups is 1. The topological polar surface area (TPSA) is 152 Å². The predicted molar refractivity (Wildman–Crippen MR) is 172 cm³/mol. The molecule has 224 valence electrons. The number of aromatic nitrogens is 1. The maximum atomic E-state index is 12.8. The quantitative estimate of drug-likeness (QED) is 0.102. The Kier molecular flexibility index (Phi) is 9.93. The molecule has 0 aliphatic rings. The van der Waals surface area contributed by atoms with Crippen molar-refractivity contribution < 1.29 is 26.5 Å². The number of hydrogen-bond donors (Lipinski definition) is 3. The molecule has 2 aromatic carbocycles. The molecule has 0 bridgehead atoms. The van der Waals surface area contributed by atoms with Gasteiger partial charge in [-0.1, -0.05) is 29.8 Å². The van der Waals surface area contributed by atoms with E-state index < -0.39 is 27.6 Å². The van der Waals surface area contributed by atoms with Crippen molar-refractivity contribution >= 4 is 83.8 Å². The molecule has 0 aliphatic carbocycles. The fraction of sp³-hybridized carbons (Fsp3) is 0.111. The molecule has 0 saturated carbocycles. The van der Waals surface area contributed by atoms with Gasteiger partial charge in [0.25, 0.3) is 5.91 Å². The van der Waals surface area contributed by atoms with Crippen molar-refractivity contribution in [3.63, 3.8) is 0 Å². The molecule has 10 nitrogen and oxygen atoms in total. The van der Waals surface area contributed by atoms with Crippen molar-refractivity contribution in [2.45, 2.75) is 19.0 Å². The first-order valence-corrected chi connectivity index (χ1v) is 17.8. The van der Waals surface area contributed by atoms with Crippen LogP contribution in [0.3, 0.4) is 0 Å². The van der Waals surface area contributed by atoms with Crippen molar-refractivity contribution in [2.75, 3.05) is 9.03 Å². The molecule has 3 N–H and O–H groups in total. The van der Waals surface area contributed by atoms with Gasteiger partial charge in [-0.25, -0.2) is 4.98 Å². The molecule has 1 unspecified atom stereocenters. The van der Waals surface area contributed by atoms with Gasteiger partial charge in [0.2, 0.25) is 0 Å². The minimum Gasteiger partial charge on any atom is -0.755 e. The van der Waals surface area contributed by atoms with Crippen LogP contribution in [0, 0.1) is 0 Å². The van der Waals surface area contributed by atoms with E-state index in [2.05, 4.69) is 5.32 Å². The fourth-order valence-electron chi connectivity index (χ4n) is 4.12. The van der Waals surface area contributed by atoms with Crippen LogP contribution in [0.2, 0.25) is 5.02 Å². The van der Waals surface area contributed by atoms with Crippen molar-refractivity contribution in [1.29, 1.82) is 0 Å². The van der Waals surface area contributed by atoms with Gasteiger partial charge in [-0.15, -0.1) is 34.0 Å². The molecule has 0 radical (unpaired) electrons. The smallest absolute Gasteiger partial charge is 0.357 e. The number of thiazole rings is 1. The first kappa shape index (κ1) is 31.3. The van der Waals surface area contributed by atoms with Crippen LogP contribution in [0.5, 0.6) is 0 Å². The van der Waals surface area contributed by atoms with Crippen molar-refractivity contribution in [1.82, 2.24) is 10.3 Å². The summed E-state index contributed by atoms with van der Waals surface area (Å²) in [5.41, 5.74) is 1.86. The normalized spacial score (nSPS) is 12.9. The third-order valence-electron chi connectivity index (χ3n) is 6.06. The number of hydrogen-bond acceptors (Lipinski definition) is 9. The van der Waals surface area contributed by atoms with E-state index in [4.69, 9.17) is 21.1 Å². The van der Waals surface area contributed by atoms with Crippen molar-refractivity contribution in [2.24, 2.45) is 0 Å². The van der Waals surface area contributed by atoms with Crippen LogP contribution in [0.1, 0.15) is 32.5 Å². The lowest BCUT2D eigenvalue weighted by atomic mass is 10.0. The minimum atomic E-state index is -4.44. The lowest BCUT2D eigenvalue weighted by Crippen LogP contribution is -2.31. The van der Waals surface area contributed by atoms with Gasteiger partial charge in [0.1, 0.15) is 10.0 Å². The molecule has 0 fully saturated rings. The average Bonchev–Trinajstić information content (AvgIpc) is 3.74. The number of halogens is 1. The highest BCUT2D eigenvalue weighted by Gasteiger charge is 2.27. The number of anilines is 2. The molecule has 0 spiro atoms. The maximum absolute atomic E-state index is 12.8. The van der Waals surface area contributed by atoms with Crippen molar-refractivity contribution in [3.8, 4) is 9.88 Å². The monoisotopic (exact) mass is 693 g/mol. The van der Waals surface area contributed by atoms with Gasteiger partial charge in [0, 0.05) is 32.1 Å². The van der Waals surface area contributed by atoms with Gasteiger partial charge in [-0.05, 0) is 72.0 Å². The molecule has 5 aromatic rings. The molecule has 0 saturated heterocycles. The van der Waals surface area contributed by atoms with E-state index in [0.29, 0.717) is 26.8 Å². The molecular formula is C27H22ClN4O6S5-. The summed E-state index contributed by atoms with van der Waals surface area (Å²) in [7, 11) is -4.44. The molecule has 2 atom stereocenters. The van der Waals surface area contributed by atoms with Crippen LogP contribution >= 0.6 is 45.6 Å². The van der Waals surface area contributed by atoms with E-state index in [0.717, 1.165) is 14.8 Å². The Hall–Kier alpha value is -3.15. The van der Waals surface area contributed by atoms with Crippen molar-refractivity contribution in [3.05, 3.63) is 110 Å². The van der Waals surface area contributed by atoms with Crippen LogP contribution in [0.15, 0.2) is 83.6 Å². The van der Waals surface area contributed by atoms with Gasteiger partial charge < -0.3 is 9.87 Å². The van der Waals surface area contributed by atoms with Gasteiger partial charge in [0.05, 0.1) is 28.8 Å². The standard InChI is InChI=1S/C27H23ClN4O6S5/c28-19-7-5-18(6-8-19)26(33)29-15-21-11-12-25(41-21)32(42(34)35)23(22-16-40-27(30-22)24-2-1-13-39-24)14-17-3-9-20(10-4-17)31-43(36,37)38/h1-13,16,23,31H,14-15H2,(H,29,33)(H,34,35)(H,36,37,38)/p-1/t23-/m0/s1. The molecule has 3 aromatic heterocycles. The average molecular weight is 694 g/mol. The number of rotatable bonds is 12. The Morgan fingerprint density at radius 3 is 2.47 bits per heavy atom. The second-order valence-corrected chi connectivity index (χ2v) is 14.4. The summed E-state index contributed by atoms with van der Waals surface area (Å²) in [6.07, 6.45) is 0.217. The van der Waals surface area contributed by atoms with Gasteiger partial charge in [0.15, 0.2) is 0 Å². The first-order valence-electron chi connectivity index (χ1n) is 12.4. The Morgan fingerprint density at radius 1 is 1.07 bits per heavy atom. The largest absolute Gasteiger partial charge is 0.755 e. The molecule has 5 rings (SSSR count). The van der Waals surface area contributed by atoms with Gasteiger partial charge in [-0.2, -0.15) is 8.42 Å². The number of amides is 1. The number of benzene rings is 2. The maximum Gasteiger partial charge on any atom is 0.357 e. The zero-order chi connectivity index (χ0) is 30.6. The summed E-state index contributed by atoms with van der Waals surface area (Å²) in [6.45, 7) is 0.192. The predicted octanol–water partition coefficient (Wildman–Crippen LogP) is 6.32. The van der Waals surface area contributed by atoms with Gasteiger partial charge >= 0.3 is 10.3 Å². The zero-order valence-corrected chi connectivity index (χ0v) is 26.7. The Bertz CT molecular complexity index is 1820. The molecular weight excluding hydrogens is 672 g/mol. The number of carbonyl (C=O) groups excluding carboxylic acids is 1. The molecule has 16 heteroatoms. The second-order valence-electron chi connectivity index (χ2n) is 9.02. The molecule has 1 amide bonds. The van der Waals surface area contributed by atoms with Crippen LogP contribution < -0.4 is 14.3 Å². The number of nitrogens with zero attached hydrogens (tertiary/aromatic N) is 2. The lowest BCUT2D eigenvalue weighted by molar-refractivity contribution is 0.0951. The lowest BCUT2D eigenvalue weighted by Gasteiger charge is -2.32. The third kappa shape index (κ3) is 8.27. The first-order chi connectivity index (χ1) is 20.6. The third-order valence-corrected chi connectivity index (χ3v) is 10.7. The van der Waals surface area contributed by atoms with Crippen LogP contribution in [0.4, 0.5) is 10.7 Å². The highest BCUT2D eigenvalue weighted by molar-refractivity contribution is 7.87. The SMILES string of the molecule is O=C(NCc1ccc(N([C@@H](Cc2ccc(NS(=O)(=O)O)cc2)c2csc(-c3cccs3)n2)S(=O)[O-])s1)c1ccc(Cl)cc1. The van der Waals surface area contributed by atoms with E-state index in [9.17, 15) is 22.0 Å². The number of thiophene rings is 2. The highest BCUT2D eigenvalue weighted by Crippen LogP contribution is 2.38. The Morgan fingerprint density at radius 2 is 1.81 bits per heavy atom. The van der Waals surface area contributed by atoms with E-state index in [1.54, 1.807) is 48.5 Å². The van der Waals surface area contributed by atoms with Crippen LogP contribution in [-0.4, -0.2) is 32.6 Å². The van der Waals surface area contributed by atoms with E-state index in [1.165, 1.54) is 50.4 Å². The summed E-state index contributed by atoms with van der Waals surface area (Å²) >= 11 is 7.37. The van der Waals surface area contributed by atoms with E-state index >= 15 is 0 Å². The fourth-order valence-corrected chi connectivity index (χ4v) is 8.16. The van der Waals surface area contributed by atoms with Gasteiger partial charge in [-0.3, -0.25) is 22.6 Å². The molecule has 0 aliphatic heterocycles. The highest BCUT2D eigenvalue weighted by atomic mass is 35.5. The molecule has 3 heterocycles. The summed E-state index contributed by atoms with van der Waals surface area (Å²) in [6, 6.07) is 19.3. The van der Waals surface area contributed by atoms with E-state index in [-0.39, 0.29) is 24.6 Å². The van der Waals surface area contributed by atoms with Crippen LogP contribution in [-0.2, 0) is 34.5 Å². The molecule has 43 heavy (non-hydrogen) atoms. The van der Waals surface area contributed by atoms with E-state index in [1.807, 2.05) is 27.6 Å².